The molecule has 0 saturated heterocycles. The molecular weight excluding hydrogens is 126 g/mol. The zero-order chi connectivity index (χ0) is 6.78. The summed E-state index contributed by atoms with van der Waals surface area (Å²) in [5, 5.41) is 4.93. The maximum atomic E-state index is 8.60. The smallest absolute Gasteiger partial charge is 0.0548 e. The maximum absolute atomic E-state index is 8.60. The van der Waals surface area contributed by atoms with E-state index in [2.05, 4.69) is 0 Å². The number of hydrogen-bond donors (Lipinski definition) is 3. The van der Waals surface area contributed by atoms with E-state index >= 15 is 0 Å². The molecule has 0 atom stereocenters. The Morgan fingerprint density at radius 3 is 1.88 bits per heavy atom. The normalized spacial score (nSPS) is 14.8. The molecule has 0 amide bonds. The minimum absolute atomic E-state index is 0.255. The SMILES string of the molecule is CC(C)CS(N)(O)O. The molecule has 0 saturated carbocycles. The average Bonchev–Trinajstić information content (AvgIpc) is 1.21. The molecule has 0 aliphatic carbocycles. The summed E-state index contributed by atoms with van der Waals surface area (Å²) in [5.41, 5.74) is 0. The lowest BCUT2D eigenvalue weighted by Crippen LogP contribution is -2.15. The van der Waals surface area contributed by atoms with Gasteiger partial charge in [-0.05, 0) is 5.92 Å². The molecular formula is C4H13NO2S. The van der Waals surface area contributed by atoms with E-state index in [0.717, 1.165) is 0 Å². The van der Waals surface area contributed by atoms with Gasteiger partial charge in [0.1, 0.15) is 0 Å². The van der Waals surface area contributed by atoms with Crippen LogP contribution in [0.3, 0.4) is 0 Å². The van der Waals surface area contributed by atoms with Gasteiger partial charge in [-0.1, -0.05) is 13.8 Å². The van der Waals surface area contributed by atoms with Crippen molar-refractivity contribution in [1.29, 1.82) is 0 Å². The lowest BCUT2D eigenvalue weighted by molar-refractivity contribution is 0.478. The molecule has 0 heterocycles. The third-order valence-corrected chi connectivity index (χ3v) is 1.74. The van der Waals surface area contributed by atoms with Gasteiger partial charge in [-0.3, -0.25) is 9.11 Å². The van der Waals surface area contributed by atoms with Gasteiger partial charge in [0.05, 0.1) is 5.75 Å². The fraction of sp³-hybridized carbons (Fsp3) is 1.00. The summed E-state index contributed by atoms with van der Waals surface area (Å²) in [5.74, 6) is 0.553. The zero-order valence-electron chi connectivity index (χ0n) is 5.16. The Labute approximate surface area is 51.4 Å². The summed E-state index contributed by atoms with van der Waals surface area (Å²) in [6.45, 7) is 3.78. The molecule has 4 heteroatoms. The Morgan fingerprint density at radius 2 is 1.88 bits per heavy atom. The molecule has 4 N–H and O–H groups in total. The topological polar surface area (TPSA) is 66.5 Å². The highest BCUT2D eigenvalue weighted by Crippen LogP contribution is 2.30. The molecule has 0 spiro atoms. The van der Waals surface area contributed by atoms with E-state index in [-0.39, 0.29) is 5.92 Å². The van der Waals surface area contributed by atoms with Crippen molar-refractivity contribution in [3.63, 3.8) is 0 Å². The molecule has 0 aliphatic heterocycles. The largest absolute Gasteiger partial charge is 0.286 e. The molecule has 0 aliphatic rings. The van der Waals surface area contributed by atoms with Crippen LogP contribution in [0.4, 0.5) is 0 Å². The van der Waals surface area contributed by atoms with Crippen molar-refractivity contribution in [3.05, 3.63) is 0 Å². The van der Waals surface area contributed by atoms with Gasteiger partial charge in [-0.15, -0.1) is 10.8 Å². The van der Waals surface area contributed by atoms with E-state index in [9.17, 15) is 0 Å². The Bertz CT molecular complexity index is 68.9. The summed E-state index contributed by atoms with van der Waals surface area (Å²) in [6, 6.07) is 0. The van der Waals surface area contributed by atoms with E-state index in [1.54, 1.807) is 0 Å². The predicted molar refractivity (Wildman–Crippen MR) is 36.7 cm³/mol. The second-order valence-electron chi connectivity index (χ2n) is 2.28. The minimum atomic E-state index is -2.72. The molecule has 0 bridgehead atoms. The average molecular weight is 139 g/mol. The number of nitrogens with two attached hydrogens (primary N) is 1. The molecule has 0 fully saturated rings. The monoisotopic (exact) mass is 139 g/mol. The second kappa shape index (κ2) is 2.68. The van der Waals surface area contributed by atoms with Crippen LogP contribution in [-0.4, -0.2) is 14.9 Å². The van der Waals surface area contributed by atoms with Crippen LogP contribution in [-0.2, 0) is 0 Å². The summed E-state index contributed by atoms with van der Waals surface area (Å²) in [7, 11) is -2.72. The Morgan fingerprint density at radius 1 is 1.50 bits per heavy atom. The molecule has 0 aromatic rings. The van der Waals surface area contributed by atoms with Crippen LogP contribution in [0.2, 0.25) is 0 Å². The predicted octanol–water partition coefficient (Wildman–Crippen LogP) is 1.27. The van der Waals surface area contributed by atoms with Gasteiger partial charge in [0.25, 0.3) is 0 Å². The fourth-order valence-electron chi connectivity index (χ4n) is 0.491. The zero-order valence-corrected chi connectivity index (χ0v) is 5.98. The van der Waals surface area contributed by atoms with Crippen LogP contribution >= 0.6 is 10.8 Å². The van der Waals surface area contributed by atoms with E-state index in [1.807, 2.05) is 13.8 Å². The Kier molecular flexibility index (Phi) is 2.76. The highest BCUT2D eigenvalue weighted by molar-refractivity contribution is 8.22. The van der Waals surface area contributed by atoms with E-state index in [1.165, 1.54) is 0 Å². The first kappa shape index (κ1) is 8.23. The van der Waals surface area contributed by atoms with Crippen molar-refractivity contribution in [2.75, 3.05) is 5.75 Å². The van der Waals surface area contributed by atoms with Crippen LogP contribution in [0.5, 0.6) is 0 Å². The van der Waals surface area contributed by atoms with Crippen LogP contribution in [0.25, 0.3) is 0 Å². The van der Waals surface area contributed by atoms with Gasteiger partial charge in [-0.25, -0.2) is 5.14 Å². The summed E-state index contributed by atoms with van der Waals surface area (Å²) in [6.07, 6.45) is 0. The fourth-order valence-corrected chi connectivity index (χ4v) is 1.47. The van der Waals surface area contributed by atoms with Gasteiger partial charge in [0.2, 0.25) is 0 Å². The molecule has 8 heavy (non-hydrogen) atoms. The molecule has 0 radical (unpaired) electrons. The lowest BCUT2D eigenvalue weighted by atomic mass is 10.3. The summed E-state index contributed by atoms with van der Waals surface area (Å²) < 4.78 is 17.2. The summed E-state index contributed by atoms with van der Waals surface area (Å²) >= 11 is 0. The van der Waals surface area contributed by atoms with Crippen molar-refractivity contribution in [2.45, 2.75) is 13.8 Å². The van der Waals surface area contributed by atoms with Gasteiger partial charge < -0.3 is 0 Å². The van der Waals surface area contributed by atoms with Crippen molar-refractivity contribution >= 4 is 10.8 Å². The number of hydrogen-bond acceptors (Lipinski definition) is 3. The minimum Gasteiger partial charge on any atom is -0.286 e. The first-order chi connectivity index (χ1) is 3.42. The van der Waals surface area contributed by atoms with E-state index < -0.39 is 10.8 Å². The molecule has 52 valence electrons. The van der Waals surface area contributed by atoms with Gasteiger partial charge in [0, 0.05) is 0 Å². The van der Waals surface area contributed by atoms with Crippen molar-refractivity contribution in [3.8, 4) is 0 Å². The highest BCUT2D eigenvalue weighted by atomic mass is 32.3. The standard InChI is InChI=1S/C4H13NO2S/c1-4(2)3-8(5,6)7/h4,6-7H,3,5H2,1-2H3. The molecule has 3 nitrogen and oxygen atoms in total. The van der Waals surface area contributed by atoms with Gasteiger partial charge >= 0.3 is 0 Å². The van der Waals surface area contributed by atoms with E-state index in [0.29, 0.717) is 5.75 Å². The highest BCUT2D eigenvalue weighted by Gasteiger charge is 2.05. The molecule has 0 aromatic heterocycles. The van der Waals surface area contributed by atoms with Crippen LogP contribution in [0, 0.1) is 5.92 Å². The lowest BCUT2D eigenvalue weighted by Gasteiger charge is -2.27. The van der Waals surface area contributed by atoms with Gasteiger partial charge in [-0.2, -0.15) is 0 Å². The molecule has 0 aromatic carbocycles. The molecule has 0 rings (SSSR count). The van der Waals surface area contributed by atoms with Crippen molar-refractivity contribution in [2.24, 2.45) is 11.1 Å². The Balaban J connectivity index is 3.39. The summed E-state index contributed by atoms with van der Waals surface area (Å²) in [4.78, 5) is 0. The first-order valence-corrected chi connectivity index (χ1v) is 4.23. The van der Waals surface area contributed by atoms with Crippen molar-refractivity contribution < 1.29 is 9.11 Å². The van der Waals surface area contributed by atoms with Gasteiger partial charge in [0.15, 0.2) is 0 Å². The first-order valence-electron chi connectivity index (χ1n) is 2.45. The van der Waals surface area contributed by atoms with Crippen LogP contribution in [0.1, 0.15) is 13.8 Å². The van der Waals surface area contributed by atoms with Crippen LogP contribution in [0.15, 0.2) is 0 Å². The van der Waals surface area contributed by atoms with E-state index in [4.69, 9.17) is 14.2 Å². The number of rotatable bonds is 2. The molecule has 0 unspecified atom stereocenters. The quantitative estimate of drug-likeness (QED) is 0.539. The second-order valence-corrected chi connectivity index (χ2v) is 4.05. The maximum Gasteiger partial charge on any atom is 0.0548 e. The Hall–Kier alpha value is 0.230. The van der Waals surface area contributed by atoms with Crippen molar-refractivity contribution in [1.82, 2.24) is 0 Å². The third kappa shape index (κ3) is 6.23. The third-order valence-electron chi connectivity index (χ3n) is 0.579. The van der Waals surface area contributed by atoms with Crippen LogP contribution < -0.4 is 5.14 Å².